The van der Waals surface area contributed by atoms with Gasteiger partial charge in [-0.15, -0.1) is 11.6 Å². The normalized spacial score (nSPS) is 28.4. The number of aliphatic carboxylic acids is 1. The second-order valence-electron chi connectivity index (χ2n) is 6.79. The Kier molecular flexibility index (Phi) is 4.78. The third-order valence-electron chi connectivity index (χ3n) is 5.39. The lowest BCUT2D eigenvalue weighted by molar-refractivity contribution is -0.138. The number of allylic oxidation sites excluding steroid dienone is 2. The van der Waals surface area contributed by atoms with Crippen LogP contribution in [0.3, 0.4) is 0 Å². The van der Waals surface area contributed by atoms with Crippen molar-refractivity contribution in [2.45, 2.75) is 42.4 Å². The van der Waals surface area contributed by atoms with E-state index in [0.29, 0.717) is 18.4 Å². The first-order valence-corrected chi connectivity index (χ1v) is 9.07. The molecule has 0 heterocycles. The standard InChI is InChI=1S/C19H20Cl2O4/c20-16-10-12(17(24)25)6-9-19(16,21)18(7-2-1-3-8-18)14-5-4-13(22)11-15(14)23/h4-6,9-12,22-23H,1-3,7-8H2,(H,24,25)/t12-,19-/m1/s1. The number of carboxylic acid groups (broad SMARTS) is 1. The van der Waals surface area contributed by atoms with Gasteiger partial charge in [0.15, 0.2) is 0 Å². The van der Waals surface area contributed by atoms with Gasteiger partial charge in [0, 0.05) is 22.1 Å². The highest BCUT2D eigenvalue weighted by Crippen LogP contribution is 2.58. The maximum absolute atomic E-state index is 11.3. The minimum Gasteiger partial charge on any atom is -0.508 e. The minimum atomic E-state index is -1.13. The number of carbonyl (C=O) groups is 1. The summed E-state index contributed by atoms with van der Waals surface area (Å²) in [5, 5.41) is 29.6. The molecule has 2 aliphatic carbocycles. The Morgan fingerprint density at radius 2 is 1.84 bits per heavy atom. The number of carboxylic acids is 1. The van der Waals surface area contributed by atoms with Crippen LogP contribution in [0.25, 0.3) is 0 Å². The molecule has 1 saturated carbocycles. The van der Waals surface area contributed by atoms with Crippen LogP contribution < -0.4 is 0 Å². The van der Waals surface area contributed by atoms with E-state index in [1.54, 1.807) is 18.2 Å². The topological polar surface area (TPSA) is 77.8 Å². The largest absolute Gasteiger partial charge is 0.508 e. The molecule has 0 saturated heterocycles. The van der Waals surface area contributed by atoms with Gasteiger partial charge in [-0.1, -0.05) is 49.1 Å². The smallest absolute Gasteiger partial charge is 0.314 e. The molecule has 1 fully saturated rings. The molecular weight excluding hydrogens is 363 g/mol. The van der Waals surface area contributed by atoms with E-state index in [9.17, 15) is 20.1 Å². The van der Waals surface area contributed by atoms with Gasteiger partial charge < -0.3 is 15.3 Å². The van der Waals surface area contributed by atoms with Crippen LogP contribution in [0.4, 0.5) is 0 Å². The number of benzene rings is 1. The summed E-state index contributed by atoms with van der Waals surface area (Å²) in [7, 11) is 0. The monoisotopic (exact) mass is 382 g/mol. The van der Waals surface area contributed by atoms with Gasteiger partial charge in [-0.25, -0.2) is 0 Å². The summed E-state index contributed by atoms with van der Waals surface area (Å²) in [5.74, 6) is -1.85. The Hall–Kier alpha value is -1.65. The summed E-state index contributed by atoms with van der Waals surface area (Å²) in [6.45, 7) is 0. The van der Waals surface area contributed by atoms with Crippen molar-refractivity contribution in [2.24, 2.45) is 5.92 Å². The van der Waals surface area contributed by atoms with Crippen molar-refractivity contribution in [3.63, 3.8) is 0 Å². The molecule has 6 heteroatoms. The number of phenolic OH excluding ortho intramolecular Hbond substituents is 2. The Bertz CT molecular complexity index is 750. The molecule has 2 atom stereocenters. The molecule has 25 heavy (non-hydrogen) atoms. The third-order valence-corrected chi connectivity index (χ3v) is 6.60. The molecule has 0 bridgehead atoms. The Labute approximate surface area is 156 Å². The average molecular weight is 383 g/mol. The van der Waals surface area contributed by atoms with Crippen molar-refractivity contribution in [1.29, 1.82) is 0 Å². The van der Waals surface area contributed by atoms with Crippen molar-refractivity contribution in [3.05, 3.63) is 47.0 Å². The molecule has 3 rings (SSSR count). The summed E-state index contributed by atoms with van der Waals surface area (Å²) in [5.41, 5.74) is -0.0389. The van der Waals surface area contributed by atoms with E-state index < -0.39 is 22.2 Å². The lowest BCUT2D eigenvalue weighted by Crippen LogP contribution is -2.49. The fourth-order valence-corrected chi connectivity index (χ4v) is 4.91. The molecule has 0 radical (unpaired) electrons. The van der Waals surface area contributed by atoms with Gasteiger partial charge in [-0.3, -0.25) is 4.79 Å². The van der Waals surface area contributed by atoms with Gasteiger partial charge in [0.05, 0.1) is 5.92 Å². The molecule has 2 aliphatic rings. The number of hydrogen-bond donors (Lipinski definition) is 3. The zero-order valence-electron chi connectivity index (χ0n) is 13.6. The molecular formula is C19H20Cl2O4. The number of phenols is 2. The minimum absolute atomic E-state index is 0.0254. The summed E-state index contributed by atoms with van der Waals surface area (Å²) in [4.78, 5) is 10.1. The average Bonchev–Trinajstić information content (AvgIpc) is 2.57. The highest BCUT2D eigenvalue weighted by molar-refractivity contribution is 6.41. The number of alkyl halides is 1. The summed E-state index contributed by atoms with van der Waals surface area (Å²) in [6, 6.07) is 4.51. The molecule has 1 aromatic carbocycles. The van der Waals surface area contributed by atoms with Crippen LogP contribution in [0.2, 0.25) is 0 Å². The van der Waals surface area contributed by atoms with Gasteiger partial charge in [0.2, 0.25) is 0 Å². The van der Waals surface area contributed by atoms with Crippen molar-refractivity contribution in [2.75, 3.05) is 0 Å². The molecule has 3 N–H and O–H groups in total. The third kappa shape index (κ3) is 2.91. The number of hydrogen-bond acceptors (Lipinski definition) is 3. The van der Waals surface area contributed by atoms with Gasteiger partial charge in [-0.2, -0.15) is 0 Å². The zero-order chi connectivity index (χ0) is 18.2. The predicted octanol–water partition coefficient (Wildman–Crippen LogP) is 4.67. The molecule has 134 valence electrons. The molecule has 0 aromatic heterocycles. The van der Waals surface area contributed by atoms with E-state index in [1.807, 2.05) is 0 Å². The lowest BCUT2D eigenvalue weighted by Gasteiger charge is -2.49. The van der Waals surface area contributed by atoms with Gasteiger partial charge in [-0.05, 0) is 25.0 Å². The first-order valence-electron chi connectivity index (χ1n) is 8.31. The van der Waals surface area contributed by atoms with Gasteiger partial charge in [0.25, 0.3) is 0 Å². The van der Waals surface area contributed by atoms with E-state index in [0.717, 1.165) is 19.3 Å². The summed E-state index contributed by atoms with van der Waals surface area (Å²) >= 11 is 13.5. The SMILES string of the molecule is O=C(O)[C@@H]1C=C[C@](Cl)(C2(c3ccc(O)cc3O)CCCCC2)C(Cl)=C1. The van der Waals surface area contributed by atoms with Crippen LogP contribution >= 0.6 is 23.2 Å². The Morgan fingerprint density at radius 3 is 2.40 bits per heavy atom. The number of aromatic hydroxyl groups is 2. The molecule has 0 spiro atoms. The van der Waals surface area contributed by atoms with Crippen molar-refractivity contribution in [1.82, 2.24) is 0 Å². The summed E-state index contributed by atoms with van der Waals surface area (Å²) < 4.78 is 0. The van der Waals surface area contributed by atoms with Gasteiger partial charge >= 0.3 is 5.97 Å². The van der Waals surface area contributed by atoms with Crippen LogP contribution in [0.15, 0.2) is 41.5 Å². The van der Waals surface area contributed by atoms with Crippen LogP contribution in [0.5, 0.6) is 11.5 Å². The lowest BCUT2D eigenvalue weighted by atomic mass is 9.60. The maximum Gasteiger partial charge on any atom is 0.314 e. The van der Waals surface area contributed by atoms with E-state index >= 15 is 0 Å². The van der Waals surface area contributed by atoms with E-state index in [2.05, 4.69) is 0 Å². The van der Waals surface area contributed by atoms with Crippen molar-refractivity contribution in [3.8, 4) is 11.5 Å². The molecule has 0 unspecified atom stereocenters. The quantitative estimate of drug-likeness (QED) is 0.524. The second-order valence-corrected chi connectivity index (χ2v) is 7.80. The van der Waals surface area contributed by atoms with Crippen LogP contribution in [0, 0.1) is 5.92 Å². The molecule has 1 aromatic rings. The molecule has 0 amide bonds. The fourth-order valence-electron chi connectivity index (χ4n) is 4.10. The predicted molar refractivity (Wildman–Crippen MR) is 97.3 cm³/mol. The zero-order valence-corrected chi connectivity index (χ0v) is 15.1. The van der Waals surface area contributed by atoms with E-state index in [1.165, 1.54) is 18.2 Å². The van der Waals surface area contributed by atoms with Crippen LogP contribution in [-0.4, -0.2) is 26.2 Å². The van der Waals surface area contributed by atoms with E-state index in [4.69, 9.17) is 23.2 Å². The van der Waals surface area contributed by atoms with Gasteiger partial charge in [0.1, 0.15) is 16.4 Å². The molecule has 0 aliphatic heterocycles. The second kappa shape index (κ2) is 6.58. The summed E-state index contributed by atoms with van der Waals surface area (Å²) in [6.07, 6.45) is 9.01. The Morgan fingerprint density at radius 1 is 1.16 bits per heavy atom. The first kappa shape index (κ1) is 18.2. The van der Waals surface area contributed by atoms with Crippen LogP contribution in [0.1, 0.15) is 37.7 Å². The van der Waals surface area contributed by atoms with Crippen molar-refractivity contribution < 1.29 is 20.1 Å². The fraction of sp³-hybridized carbons (Fsp3) is 0.421. The number of halogens is 2. The highest BCUT2D eigenvalue weighted by atomic mass is 35.5. The van der Waals surface area contributed by atoms with Crippen LogP contribution in [-0.2, 0) is 10.2 Å². The Balaban J connectivity index is 2.15. The first-order chi connectivity index (χ1) is 11.8. The molecule has 4 nitrogen and oxygen atoms in total. The van der Waals surface area contributed by atoms with Crippen molar-refractivity contribution >= 4 is 29.2 Å². The highest BCUT2D eigenvalue weighted by Gasteiger charge is 2.54. The van der Waals surface area contributed by atoms with E-state index in [-0.39, 0.29) is 16.5 Å². The number of rotatable bonds is 3. The maximum atomic E-state index is 11.3.